The standard InChI is InChI=1S/C24H21N5O2/c30-23(19-10-12-20(13-11-19)29-17-25-16-27-29)28-22-9-5-4-8-21(22)24(31)26-15-14-18-6-2-1-3-7-18/h1-13,16-17H,14-15H2,(H,26,31)(H,28,30). The van der Waals surface area contributed by atoms with E-state index in [1.165, 1.54) is 6.33 Å². The van der Waals surface area contributed by atoms with Gasteiger partial charge in [-0.2, -0.15) is 5.10 Å². The van der Waals surface area contributed by atoms with Crippen molar-refractivity contribution >= 4 is 17.5 Å². The summed E-state index contributed by atoms with van der Waals surface area (Å²) in [4.78, 5) is 29.3. The summed E-state index contributed by atoms with van der Waals surface area (Å²) < 4.78 is 1.61. The fourth-order valence-corrected chi connectivity index (χ4v) is 3.15. The zero-order chi connectivity index (χ0) is 21.5. The molecule has 31 heavy (non-hydrogen) atoms. The number of para-hydroxylation sites is 1. The van der Waals surface area contributed by atoms with Gasteiger partial charge in [0.25, 0.3) is 11.8 Å². The van der Waals surface area contributed by atoms with E-state index in [4.69, 9.17) is 0 Å². The van der Waals surface area contributed by atoms with E-state index < -0.39 is 0 Å². The maximum atomic E-state index is 12.7. The van der Waals surface area contributed by atoms with Crippen LogP contribution in [0.25, 0.3) is 5.69 Å². The van der Waals surface area contributed by atoms with E-state index in [0.717, 1.165) is 17.7 Å². The molecule has 0 unspecified atom stereocenters. The molecule has 2 amide bonds. The van der Waals surface area contributed by atoms with Crippen LogP contribution in [-0.2, 0) is 6.42 Å². The topological polar surface area (TPSA) is 88.9 Å². The highest BCUT2D eigenvalue weighted by molar-refractivity contribution is 6.09. The van der Waals surface area contributed by atoms with Gasteiger partial charge < -0.3 is 10.6 Å². The minimum atomic E-state index is -0.297. The van der Waals surface area contributed by atoms with E-state index in [1.807, 2.05) is 30.3 Å². The molecule has 0 aliphatic heterocycles. The van der Waals surface area contributed by atoms with Gasteiger partial charge in [0.05, 0.1) is 16.9 Å². The molecule has 4 aromatic rings. The number of hydrogen-bond acceptors (Lipinski definition) is 4. The Labute approximate surface area is 179 Å². The van der Waals surface area contributed by atoms with Crippen LogP contribution in [0.4, 0.5) is 5.69 Å². The van der Waals surface area contributed by atoms with Crippen molar-refractivity contribution in [1.82, 2.24) is 20.1 Å². The first-order valence-corrected chi connectivity index (χ1v) is 9.88. The van der Waals surface area contributed by atoms with Gasteiger partial charge in [0.15, 0.2) is 0 Å². The van der Waals surface area contributed by atoms with Crippen LogP contribution < -0.4 is 10.6 Å². The van der Waals surface area contributed by atoms with E-state index in [9.17, 15) is 9.59 Å². The first-order chi connectivity index (χ1) is 15.2. The lowest BCUT2D eigenvalue weighted by atomic mass is 10.1. The Balaban J connectivity index is 1.40. The third-order valence-electron chi connectivity index (χ3n) is 4.77. The van der Waals surface area contributed by atoms with Gasteiger partial charge in [0.2, 0.25) is 0 Å². The Morgan fingerprint density at radius 2 is 1.58 bits per heavy atom. The number of carbonyl (C=O) groups is 2. The molecule has 0 spiro atoms. The smallest absolute Gasteiger partial charge is 0.255 e. The largest absolute Gasteiger partial charge is 0.352 e. The summed E-state index contributed by atoms with van der Waals surface area (Å²) in [5.41, 5.74) is 3.31. The minimum absolute atomic E-state index is 0.228. The van der Waals surface area contributed by atoms with Gasteiger partial charge in [-0.05, 0) is 48.4 Å². The highest BCUT2D eigenvalue weighted by Gasteiger charge is 2.14. The second kappa shape index (κ2) is 9.49. The molecule has 0 aliphatic carbocycles. The SMILES string of the molecule is O=C(Nc1ccccc1C(=O)NCCc1ccccc1)c1ccc(-n2cncn2)cc1. The van der Waals surface area contributed by atoms with Crippen LogP contribution in [0.5, 0.6) is 0 Å². The normalized spacial score (nSPS) is 10.5. The lowest BCUT2D eigenvalue weighted by Crippen LogP contribution is -2.27. The molecule has 0 saturated heterocycles. The second-order valence-corrected chi connectivity index (χ2v) is 6.88. The Morgan fingerprint density at radius 3 is 2.32 bits per heavy atom. The molecule has 7 heteroatoms. The maximum Gasteiger partial charge on any atom is 0.255 e. The Hall–Kier alpha value is -4.26. The fourth-order valence-electron chi connectivity index (χ4n) is 3.15. The number of hydrogen-bond donors (Lipinski definition) is 2. The molecule has 0 atom stereocenters. The summed E-state index contributed by atoms with van der Waals surface area (Å²) in [6.45, 7) is 0.509. The third-order valence-corrected chi connectivity index (χ3v) is 4.77. The zero-order valence-corrected chi connectivity index (χ0v) is 16.7. The Morgan fingerprint density at radius 1 is 0.839 bits per heavy atom. The number of nitrogens with zero attached hydrogens (tertiary/aromatic N) is 3. The van der Waals surface area contributed by atoms with Crippen LogP contribution in [0.3, 0.4) is 0 Å². The van der Waals surface area contributed by atoms with Gasteiger partial charge in [-0.1, -0.05) is 42.5 Å². The monoisotopic (exact) mass is 411 g/mol. The Bertz CT molecular complexity index is 1160. The molecule has 0 fully saturated rings. The lowest BCUT2D eigenvalue weighted by molar-refractivity contribution is 0.0955. The van der Waals surface area contributed by atoms with Crippen molar-refractivity contribution < 1.29 is 9.59 Å². The molecular weight excluding hydrogens is 390 g/mol. The van der Waals surface area contributed by atoms with Crippen LogP contribution in [0.15, 0.2) is 91.5 Å². The van der Waals surface area contributed by atoms with Crippen molar-refractivity contribution in [2.24, 2.45) is 0 Å². The Kier molecular flexibility index (Phi) is 6.13. The summed E-state index contributed by atoms with van der Waals surface area (Å²) in [7, 11) is 0. The molecule has 0 saturated carbocycles. The van der Waals surface area contributed by atoms with E-state index >= 15 is 0 Å². The highest BCUT2D eigenvalue weighted by Crippen LogP contribution is 2.17. The summed E-state index contributed by atoms with van der Waals surface area (Å²) in [6.07, 6.45) is 3.77. The van der Waals surface area contributed by atoms with Gasteiger partial charge in [0, 0.05) is 12.1 Å². The van der Waals surface area contributed by atoms with Gasteiger partial charge in [0.1, 0.15) is 12.7 Å². The molecule has 2 N–H and O–H groups in total. The van der Waals surface area contributed by atoms with E-state index in [1.54, 1.807) is 59.5 Å². The van der Waals surface area contributed by atoms with E-state index in [-0.39, 0.29) is 11.8 Å². The first kappa shape index (κ1) is 20.0. The van der Waals surface area contributed by atoms with Crippen molar-refractivity contribution in [3.8, 4) is 5.69 Å². The second-order valence-electron chi connectivity index (χ2n) is 6.88. The van der Waals surface area contributed by atoms with Crippen LogP contribution in [0.2, 0.25) is 0 Å². The molecule has 7 nitrogen and oxygen atoms in total. The minimum Gasteiger partial charge on any atom is -0.352 e. The number of amides is 2. The van der Waals surface area contributed by atoms with Crippen molar-refractivity contribution in [2.45, 2.75) is 6.42 Å². The predicted molar refractivity (Wildman–Crippen MR) is 118 cm³/mol. The van der Waals surface area contributed by atoms with Crippen LogP contribution >= 0.6 is 0 Å². The number of benzene rings is 3. The molecule has 1 heterocycles. The number of rotatable bonds is 7. The molecule has 4 rings (SSSR count). The average Bonchev–Trinajstić information content (AvgIpc) is 3.35. The van der Waals surface area contributed by atoms with Crippen molar-refractivity contribution in [1.29, 1.82) is 0 Å². The predicted octanol–water partition coefficient (Wildman–Crippen LogP) is 3.49. The van der Waals surface area contributed by atoms with E-state index in [0.29, 0.717) is 23.4 Å². The molecular formula is C24H21N5O2. The fraction of sp³-hybridized carbons (Fsp3) is 0.0833. The number of anilines is 1. The third kappa shape index (κ3) is 5.02. The van der Waals surface area contributed by atoms with Crippen molar-refractivity contribution in [3.63, 3.8) is 0 Å². The summed E-state index contributed by atoms with van der Waals surface area (Å²) >= 11 is 0. The number of carbonyl (C=O) groups excluding carboxylic acids is 2. The molecule has 154 valence electrons. The van der Waals surface area contributed by atoms with Gasteiger partial charge >= 0.3 is 0 Å². The van der Waals surface area contributed by atoms with Crippen molar-refractivity contribution in [2.75, 3.05) is 11.9 Å². The summed E-state index contributed by atoms with van der Waals surface area (Å²) in [5.74, 6) is -0.525. The van der Waals surface area contributed by atoms with Crippen LogP contribution in [0, 0.1) is 0 Å². The number of aromatic nitrogens is 3. The van der Waals surface area contributed by atoms with Crippen molar-refractivity contribution in [3.05, 3.63) is 108 Å². The lowest BCUT2D eigenvalue weighted by Gasteiger charge is -2.12. The molecule has 0 radical (unpaired) electrons. The summed E-state index contributed by atoms with van der Waals surface area (Å²) in [6, 6.07) is 23.9. The quantitative estimate of drug-likeness (QED) is 0.487. The van der Waals surface area contributed by atoms with Gasteiger partial charge in [-0.3, -0.25) is 9.59 Å². The molecule has 1 aromatic heterocycles. The van der Waals surface area contributed by atoms with Crippen LogP contribution in [-0.4, -0.2) is 33.1 Å². The average molecular weight is 411 g/mol. The number of nitrogens with one attached hydrogen (secondary N) is 2. The van der Waals surface area contributed by atoms with Gasteiger partial charge in [-0.15, -0.1) is 0 Å². The molecule has 0 bridgehead atoms. The maximum absolute atomic E-state index is 12.7. The van der Waals surface area contributed by atoms with E-state index in [2.05, 4.69) is 20.7 Å². The molecule has 0 aliphatic rings. The summed E-state index contributed by atoms with van der Waals surface area (Å²) in [5, 5.41) is 9.82. The first-order valence-electron chi connectivity index (χ1n) is 9.88. The highest BCUT2D eigenvalue weighted by atomic mass is 16.2. The zero-order valence-electron chi connectivity index (χ0n) is 16.7. The van der Waals surface area contributed by atoms with Crippen LogP contribution in [0.1, 0.15) is 26.3 Å². The molecule has 3 aromatic carbocycles. The van der Waals surface area contributed by atoms with Gasteiger partial charge in [-0.25, -0.2) is 9.67 Å².